The molecule has 4 rings (SSSR count). The minimum absolute atomic E-state index is 0.0356. The first-order chi connectivity index (χ1) is 14.9. The molecule has 31 heavy (non-hydrogen) atoms. The van der Waals surface area contributed by atoms with E-state index in [1.165, 1.54) is 16.7 Å². The molecule has 1 aromatic heterocycles. The number of halogens is 2. The number of amides is 1. The Labute approximate surface area is 190 Å². The molecule has 0 bridgehead atoms. The average molecular weight is 498 g/mol. The van der Waals surface area contributed by atoms with E-state index in [0.29, 0.717) is 26.2 Å². The third-order valence-electron chi connectivity index (χ3n) is 4.64. The van der Waals surface area contributed by atoms with Crippen LogP contribution < -0.4 is 10.9 Å². The molecule has 0 aliphatic rings. The lowest BCUT2D eigenvalue weighted by Crippen LogP contribution is -2.23. The fourth-order valence-corrected chi connectivity index (χ4v) is 4.28. The zero-order valence-corrected chi connectivity index (χ0v) is 18.8. The van der Waals surface area contributed by atoms with Crippen molar-refractivity contribution in [2.45, 2.75) is 12.1 Å². The van der Waals surface area contributed by atoms with Crippen molar-refractivity contribution in [2.75, 3.05) is 11.1 Å². The number of aryl methyl sites for hydroxylation is 1. The summed E-state index contributed by atoms with van der Waals surface area (Å²) in [5, 5.41) is 3.45. The second kappa shape index (κ2) is 9.03. The van der Waals surface area contributed by atoms with Gasteiger partial charge in [-0.2, -0.15) is 0 Å². The highest BCUT2D eigenvalue weighted by atomic mass is 79.9. The second-order valence-corrected chi connectivity index (χ2v) is 8.66. The number of nitrogens with zero attached hydrogens (tertiary/aromatic N) is 2. The van der Waals surface area contributed by atoms with Crippen LogP contribution in [0.5, 0.6) is 0 Å². The third kappa shape index (κ3) is 4.55. The largest absolute Gasteiger partial charge is 0.323 e. The van der Waals surface area contributed by atoms with Gasteiger partial charge in [0.05, 0.1) is 28.0 Å². The Bertz CT molecular complexity index is 1360. The molecule has 3 aromatic carbocycles. The molecular weight excluding hydrogens is 481 g/mol. The lowest BCUT2D eigenvalue weighted by molar-refractivity contribution is -0.113. The number of hydrogen-bond acceptors (Lipinski definition) is 4. The quantitative estimate of drug-likeness (QED) is 0.299. The van der Waals surface area contributed by atoms with Crippen molar-refractivity contribution in [3.63, 3.8) is 0 Å². The molecule has 1 N–H and O–H groups in total. The molecule has 4 aromatic rings. The number of thioether (sulfide) groups is 1. The van der Waals surface area contributed by atoms with Gasteiger partial charge < -0.3 is 5.32 Å². The normalized spacial score (nSPS) is 10.9. The second-order valence-electron chi connectivity index (χ2n) is 6.80. The molecule has 0 unspecified atom stereocenters. The van der Waals surface area contributed by atoms with Crippen LogP contribution in [0.2, 0.25) is 0 Å². The Morgan fingerprint density at radius 1 is 1.13 bits per heavy atom. The van der Waals surface area contributed by atoms with Gasteiger partial charge in [-0.25, -0.2) is 9.37 Å². The minimum atomic E-state index is -0.534. The molecule has 0 aliphatic heterocycles. The summed E-state index contributed by atoms with van der Waals surface area (Å²) in [5.74, 6) is -0.968. The highest BCUT2D eigenvalue weighted by Crippen LogP contribution is 2.24. The van der Waals surface area contributed by atoms with Gasteiger partial charge in [-0.05, 0) is 48.9 Å². The molecule has 0 spiro atoms. The summed E-state index contributed by atoms with van der Waals surface area (Å²) in [4.78, 5) is 30.4. The topological polar surface area (TPSA) is 64.0 Å². The lowest BCUT2D eigenvalue weighted by Gasteiger charge is -2.15. The van der Waals surface area contributed by atoms with Crippen LogP contribution in [0.1, 0.15) is 5.56 Å². The number of nitrogens with one attached hydrogen (secondary N) is 1. The summed E-state index contributed by atoms with van der Waals surface area (Å²) in [7, 11) is 0. The number of para-hydroxylation sites is 2. The number of hydrogen-bond donors (Lipinski definition) is 1. The Morgan fingerprint density at radius 3 is 2.65 bits per heavy atom. The van der Waals surface area contributed by atoms with Gasteiger partial charge in [-0.15, -0.1) is 0 Å². The summed E-state index contributed by atoms with van der Waals surface area (Å²) in [6.07, 6.45) is 0. The average Bonchev–Trinajstić information content (AvgIpc) is 2.75. The van der Waals surface area contributed by atoms with E-state index in [4.69, 9.17) is 0 Å². The SMILES string of the molecule is Cc1ccccc1-n1c(SCC(=O)Nc2ccc(Br)cc2F)nc2ccccc2c1=O. The van der Waals surface area contributed by atoms with Crippen LogP contribution in [-0.4, -0.2) is 21.2 Å². The van der Waals surface area contributed by atoms with Gasteiger partial charge in [-0.3, -0.25) is 14.2 Å². The van der Waals surface area contributed by atoms with Crippen molar-refractivity contribution in [3.05, 3.63) is 92.9 Å². The smallest absolute Gasteiger partial charge is 0.266 e. The van der Waals surface area contributed by atoms with Crippen LogP contribution in [0.25, 0.3) is 16.6 Å². The predicted octanol–water partition coefficient (Wildman–Crippen LogP) is 5.33. The maximum absolute atomic E-state index is 14.0. The highest BCUT2D eigenvalue weighted by Gasteiger charge is 2.16. The fourth-order valence-electron chi connectivity index (χ4n) is 3.14. The molecule has 156 valence electrons. The van der Waals surface area contributed by atoms with Crippen molar-refractivity contribution in [2.24, 2.45) is 0 Å². The van der Waals surface area contributed by atoms with Crippen LogP contribution in [0, 0.1) is 12.7 Å². The molecule has 1 amide bonds. The van der Waals surface area contributed by atoms with Crippen LogP contribution in [-0.2, 0) is 4.79 Å². The molecule has 0 fully saturated rings. The first-order valence-electron chi connectivity index (χ1n) is 9.39. The zero-order chi connectivity index (χ0) is 22.0. The molecular formula is C23H17BrFN3O2S. The molecule has 5 nitrogen and oxygen atoms in total. The zero-order valence-electron chi connectivity index (χ0n) is 16.4. The van der Waals surface area contributed by atoms with E-state index in [1.807, 2.05) is 37.3 Å². The first-order valence-corrected chi connectivity index (χ1v) is 11.2. The van der Waals surface area contributed by atoms with E-state index in [0.717, 1.165) is 17.3 Å². The Kier molecular flexibility index (Phi) is 6.20. The van der Waals surface area contributed by atoms with Gasteiger partial charge in [0.1, 0.15) is 5.82 Å². The number of rotatable bonds is 5. The van der Waals surface area contributed by atoms with Crippen LogP contribution in [0.15, 0.2) is 81.2 Å². The van der Waals surface area contributed by atoms with Crippen LogP contribution in [0.3, 0.4) is 0 Å². The highest BCUT2D eigenvalue weighted by molar-refractivity contribution is 9.10. The van der Waals surface area contributed by atoms with Crippen molar-refractivity contribution >= 4 is 50.2 Å². The predicted molar refractivity (Wildman–Crippen MR) is 126 cm³/mol. The van der Waals surface area contributed by atoms with E-state index in [2.05, 4.69) is 26.2 Å². The summed E-state index contributed by atoms with van der Waals surface area (Å²) in [6.45, 7) is 1.91. The molecule has 0 saturated heterocycles. The van der Waals surface area contributed by atoms with E-state index in [1.54, 1.807) is 24.3 Å². The minimum Gasteiger partial charge on any atom is -0.323 e. The maximum Gasteiger partial charge on any atom is 0.266 e. The summed E-state index contributed by atoms with van der Waals surface area (Å²) >= 11 is 4.31. The van der Waals surface area contributed by atoms with Crippen molar-refractivity contribution in [3.8, 4) is 5.69 Å². The summed E-state index contributed by atoms with van der Waals surface area (Å²) < 4.78 is 16.1. The first kappa shape index (κ1) is 21.3. The van der Waals surface area contributed by atoms with Gasteiger partial charge in [0.2, 0.25) is 5.91 Å². The number of carbonyl (C=O) groups excluding carboxylic acids is 1. The fraction of sp³-hybridized carbons (Fsp3) is 0.0870. The molecule has 1 heterocycles. The van der Waals surface area contributed by atoms with Crippen molar-refractivity contribution < 1.29 is 9.18 Å². The lowest BCUT2D eigenvalue weighted by atomic mass is 10.2. The number of carbonyl (C=O) groups is 1. The van der Waals surface area contributed by atoms with Crippen molar-refractivity contribution in [1.82, 2.24) is 9.55 Å². The van der Waals surface area contributed by atoms with Gasteiger partial charge in [0, 0.05) is 4.47 Å². The maximum atomic E-state index is 14.0. The van der Waals surface area contributed by atoms with Crippen molar-refractivity contribution in [1.29, 1.82) is 0 Å². The summed E-state index contributed by atoms with van der Waals surface area (Å²) in [6, 6.07) is 19.0. The molecule has 0 radical (unpaired) electrons. The Hall–Kier alpha value is -2.97. The third-order valence-corrected chi connectivity index (χ3v) is 6.07. The van der Waals surface area contributed by atoms with E-state index < -0.39 is 11.7 Å². The number of aromatic nitrogens is 2. The van der Waals surface area contributed by atoms with Gasteiger partial charge in [0.25, 0.3) is 5.56 Å². The van der Waals surface area contributed by atoms with Gasteiger partial charge in [-0.1, -0.05) is 58.0 Å². The van der Waals surface area contributed by atoms with E-state index >= 15 is 0 Å². The Morgan fingerprint density at radius 2 is 1.87 bits per heavy atom. The number of benzene rings is 3. The van der Waals surface area contributed by atoms with E-state index in [-0.39, 0.29) is 17.0 Å². The number of anilines is 1. The number of fused-ring (bicyclic) bond motifs is 1. The Balaban J connectivity index is 1.68. The molecule has 0 saturated carbocycles. The van der Waals surface area contributed by atoms with E-state index in [9.17, 15) is 14.0 Å². The summed E-state index contributed by atoms with van der Waals surface area (Å²) in [5.41, 5.74) is 2.05. The standard InChI is InChI=1S/C23H17BrFN3O2S/c1-14-6-2-5-9-20(14)28-22(30)16-7-3-4-8-18(16)27-23(28)31-13-21(29)26-19-11-10-15(24)12-17(19)25/h2-12H,13H2,1H3,(H,26,29). The molecule has 8 heteroatoms. The monoisotopic (exact) mass is 497 g/mol. The molecule has 0 aliphatic carbocycles. The van der Waals surface area contributed by atoms with Crippen LogP contribution >= 0.6 is 27.7 Å². The van der Waals surface area contributed by atoms with Gasteiger partial charge >= 0.3 is 0 Å². The van der Waals surface area contributed by atoms with Gasteiger partial charge in [0.15, 0.2) is 5.16 Å². The molecule has 0 atom stereocenters. The van der Waals surface area contributed by atoms with Crippen LogP contribution in [0.4, 0.5) is 10.1 Å².